The lowest BCUT2D eigenvalue weighted by Crippen LogP contribution is -2.50. The van der Waals surface area contributed by atoms with Crippen molar-refractivity contribution in [3.8, 4) is 0 Å². The molecule has 1 atom stereocenters. The van der Waals surface area contributed by atoms with Crippen LogP contribution in [0.2, 0.25) is 0 Å². The van der Waals surface area contributed by atoms with Gasteiger partial charge in [0, 0.05) is 30.0 Å². The number of amides is 2. The summed E-state index contributed by atoms with van der Waals surface area (Å²) in [6.07, 6.45) is 7.00. The summed E-state index contributed by atoms with van der Waals surface area (Å²) in [5, 5.41) is 3.14. The molecule has 0 radical (unpaired) electrons. The molecule has 2 amide bonds. The van der Waals surface area contributed by atoms with Crippen molar-refractivity contribution in [3.63, 3.8) is 0 Å². The van der Waals surface area contributed by atoms with Crippen LogP contribution in [0.4, 0.5) is 5.69 Å². The molecule has 202 valence electrons. The summed E-state index contributed by atoms with van der Waals surface area (Å²) in [6, 6.07) is 14.5. The first-order valence-corrected chi connectivity index (χ1v) is 15.6. The molecule has 1 aliphatic rings. The normalized spacial score (nSPS) is 15.1. The molecule has 1 saturated carbocycles. The van der Waals surface area contributed by atoms with E-state index in [0.29, 0.717) is 18.7 Å². The van der Waals surface area contributed by atoms with Crippen LogP contribution < -0.4 is 9.62 Å². The number of anilines is 1. The number of carbonyl (C=O) groups is 2. The first-order chi connectivity index (χ1) is 17.5. The summed E-state index contributed by atoms with van der Waals surface area (Å²) in [7, 11) is -3.51. The van der Waals surface area contributed by atoms with Gasteiger partial charge < -0.3 is 10.2 Å². The highest BCUT2D eigenvalue weighted by Crippen LogP contribution is 2.22. The highest BCUT2D eigenvalue weighted by molar-refractivity contribution is 9.10. The second-order valence-corrected chi connectivity index (χ2v) is 12.8. The first-order valence-electron chi connectivity index (χ1n) is 12.9. The number of aryl methyl sites for hydroxylation is 1. The predicted molar refractivity (Wildman–Crippen MR) is 152 cm³/mol. The highest BCUT2D eigenvalue weighted by atomic mass is 79.9. The summed E-state index contributed by atoms with van der Waals surface area (Å²) < 4.78 is 27.2. The maximum atomic E-state index is 13.5. The summed E-state index contributed by atoms with van der Waals surface area (Å²) >= 11 is 3.48. The minimum atomic E-state index is -3.51. The molecule has 1 unspecified atom stereocenters. The van der Waals surface area contributed by atoms with Crippen molar-refractivity contribution in [2.24, 2.45) is 0 Å². The van der Waals surface area contributed by atoms with E-state index in [1.54, 1.807) is 17.9 Å². The molecule has 37 heavy (non-hydrogen) atoms. The SMILES string of the molecule is Cc1cccc(N(CCCC(=O)N(Cc2cccc(Br)c2)C(C)C(=O)NC2CCCCC2)S(C)(=O)=O)c1. The molecule has 0 bridgehead atoms. The van der Waals surface area contributed by atoms with Crippen molar-refractivity contribution in [2.75, 3.05) is 17.1 Å². The first kappa shape index (κ1) is 29.2. The molecule has 9 heteroatoms. The average molecular weight is 593 g/mol. The van der Waals surface area contributed by atoms with E-state index >= 15 is 0 Å². The molecule has 0 aliphatic heterocycles. The molecule has 1 fully saturated rings. The molecule has 1 N–H and O–H groups in total. The van der Waals surface area contributed by atoms with Crippen LogP contribution in [0.25, 0.3) is 0 Å². The monoisotopic (exact) mass is 591 g/mol. The predicted octanol–water partition coefficient (Wildman–Crippen LogP) is 5.17. The summed E-state index contributed by atoms with van der Waals surface area (Å²) in [5.74, 6) is -0.322. The Balaban J connectivity index is 1.71. The lowest BCUT2D eigenvalue weighted by molar-refractivity contribution is -0.141. The Morgan fingerprint density at radius 3 is 2.43 bits per heavy atom. The zero-order valence-corrected chi connectivity index (χ0v) is 24.4. The van der Waals surface area contributed by atoms with Crippen LogP contribution in [0.1, 0.15) is 63.0 Å². The Hall–Kier alpha value is -2.39. The molecule has 1 aliphatic carbocycles. The van der Waals surface area contributed by atoms with E-state index in [0.717, 1.165) is 41.3 Å². The maximum absolute atomic E-state index is 13.5. The standard InChI is InChI=1S/C28H38BrN3O4S/c1-21-10-7-15-26(18-21)32(37(3,35)36)17-9-16-27(33)31(20-23-11-8-12-24(29)19-23)22(2)28(34)30-25-13-5-4-6-14-25/h7-8,10-12,15,18-19,22,25H,4-6,9,13-14,16-17,20H2,1-3H3,(H,30,34). The molecule has 0 spiro atoms. The van der Waals surface area contributed by atoms with Crippen molar-refractivity contribution in [1.82, 2.24) is 10.2 Å². The number of hydrogen-bond donors (Lipinski definition) is 1. The van der Waals surface area contributed by atoms with Gasteiger partial charge in [-0.3, -0.25) is 13.9 Å². The molecule has 3 rings (SSSR count). The van der Waals surface area contributed by atoms with Gasteiger partial charge in [-0.2, -0.15) is 0 Å². The topological polar surface area (TPSA) is 86.8 Å². The van der Waals surface area contributed by atoms with Crippen molar-refractivity contribution in [1.29, 1.82) is 0 Å². The van der Waals surface area contributed by atoms with Gasteiger partial charge in [0.25, 0.3) is 0 Å². The van der Waals surface area contributed by atoms with Crippen LogP contribution in [0, 0.1) is 6.92 Å². The molecular weight excluding hydrogens is 554 g/mol. The number of sulfonamides is 1. The molecule has 0 aromatic heterocycles. The van der Waals surface area contributed by atoms with Crippen molar-refractivity contribution in [3.05, 3.63) is 64.1 Å². The fourth-order valence-electron chi connectivity index (χ4n) is 4.77. The van der Waals surface area contributed by atoms with Gasteiger partial charge in [-0.05, 0) is 68.5 Å². The van der Waals surface area contributed by atoms with Gasteiger partial charge in [0.05, 0.1) is 11.9 Å². The van der Waals surface area contributed by atoms with Gasteiger partial charge in [0.2, 0.25) is 21.8 Å². The number of nitrogens with one attached hydrogen (secondary N) is 1. The minimum absolute atomic E-state index is 0.132. The number of nitrogens with zero attached hydrogens (tertiary/aromatic N) is 2. The lowest BCUT2D eigenvalue weighted by Gasteiger charge is -2.31. The van der Waals surface area contributed by atoms with Crippen molar-refractivity contribution < 1.29 is 18.0 Å². The van der Waals surface area contributed by atoms with E-state index in [4.69, 9.17) is 0 Å². The van der Waals surface area contributed by atoms with Crippen LogP contribution in [-0.4, -0.2) is 50.0 Å². The van der Waals surface area contributed by atoms with Gasteiger partial charge >= 0.3 is 0 Å². The van der Waals surface area contributed by atoms with Crippen LogP contribution in [-0.2, 0) is 26.2 Å². The van der Waals surface area contributed by atoms with E-state index < -0.39 is 16.1 Å². The summed E-state index contributed by atoms with van der Waals surface area (Å²) in [5.41, 5.74) is 2.46. The van der Waals surface area contributed by atoms with Crippen LogP contribution in [0.5, 0.6) is 0 Å². The van der Waals surface area contributed by atoms with Gasteiger partial charge in [0.1, 0.15) is 6.04 Å². The molecule has 2 aromatic carbocycles. The van der Waals surface area contributed by atoms with Crippen LogP contribution >= 0.6 is 15.9 Å². The van der Waals surface area contributed by atoms with E-state index in [9.17, 15) is 18.0 Å². The third-order valence-electron chi connectivity index (χ3n) is 6.80. The Labute approximate surface area is 229 Å². The summed E-state index contributed by atoms with van der Waals surface area (Å²) in [4.78, 5) is 28.2. The Bertz CT molecular complexity index is 1180. The maximum Gasteiger partial charge on any atom is 0.242 e. The molecule has 0 saturated heterocycles. The average Bonchev–Trinajstić information content (AvgIpc) is 2.84. The number of rotatable bonds is 11. The van der Waals surface area contributed by atoms with Gasteiger partial charge in [-0.15, -0.1) is 0 Å². The van der Waals surface area contributed by atoms with Gasteiger partial charge in [0.15, 0.2) is 0 Å². The smallest absolute Gasteiger partial charge is 0.242 e. The zero-order valence-electron chi connectivity index (χ0n) is 22.0. The Kier molecular flexibility index (Phi) is 10.6. The Morgan fingerprint density at radius 2 is 1.78 bits per heavy atom. The molecule has 2 aromatic rings. The summed E-state index contributed by atoms with van der Waals surface area (Å²) in [6.45, 7) is 4.16. The van der Waals surface area contributed by atoms with Crippen LogP contribution in [0.15, 0.2) is 53.0 Å². The Morgan fingerprint density at radius 1 is 1.08 bits per heavy atom. The third-order valence-corrected chi connectivity index (χ3v) is 8.49. The molecule has 0 heterocycles. The van der Waals surface area contributed by atoms with E-state index in [1.807, 2.05) is 49.4 Å². The van der Waals surface area contributed by atoms with Crippen molar-refractivity contribution in [2.45, 2.75) is 77.4 Å². The van der Waals surface area contributed by atoms with E-state index in [-0.39, 0.29) is 30.8 Å². The molecular formula is C28H38BrN3O4S. The van der Waals surface area contributed by atoms with Crippen LogP contribution in [0.3, 0.4) is 0 Å². The number of benzene rings is 2. The quantitative estimate of drug-likeness (QED) is 0.390. The number of carbonyl (C=O) groups excluding carboxylic acids is 2. The highest BCUT2D eigenvalue weighted by Gasteiger charge is 2.28. The van der Waals surface area contributed by atoms with E-state index in [2.05, 4.69) is 21.2 Å². The van der Waals surface area contributed by atoms with E-state index in [1.165, 1.54) is 17.0 Å². The molecule has 7 nitrogen and oxygen atoms in total. The lowest BCUT2D eigenvalue weighted by atomic mass is 9.95. The fourth-order valence-corrected chi connectivity index (χ4v) is 6.17. The zero-order chi connectivity index (χ0) is 27.0. The fraction of sp³-hybridized carbons (Fsp3) is 0.500. The minimum Gasteiger partial charge on any atom is -0.352 e. The van der Waals surface area contributed by atoms with Crippen molar-refractivity contribution >= 4 is 43.5 Å². The third kappa shape index (κ3) is 8.85. The largest absolute Gasteiger partial charge is 0.352 e. The second kappa shape index (κ2) is 13.4. The number of halogens is 1. The second-order valence-electron chi connectivity index (χ2n) is 9.95. The van der Waals surface area contributed by atoms with Gasteiger partial charge in [-0.1, -0.05) is 59.5 Å². The van der Waals surface area contributed by atoms with Gasteiger partial charge in [-0.25, -0.2) is 8.42 Å². The number of hydrogen-bond acceptors (Lipinski definition) is 4.